The van der Waals surface area contributed by atoms with Crippen molar-refractivity contribution in [3.63, 3.8) is 0 Å². The van der Waals surface area contributed by atoms with Crippen molar-refractivity contribution in [2.45, 2.75) is 38.5 Å². The summed E-state index contributed by atoms with van der Waals surface area (Å²) < 4.78 is 5.17. The average molecular weight is 390 g/mol. The van der Waals surface area contributed by atoms with Gasteiger partial charge in [0.15, 0.2) is 0 Å². The van der Waals surface area contributed by atoms with Crippen molar-refractivity contribution in [1.82, 2.24) is 0 Å². The Morgan fingerprint density at radius 2 is 1.48 bits per heavy atom. The van der Waals surface area contributed by atoms with E-state index in [0.717, 1.165) is 42.7 Å². The lowest BCUT2D eigenvalue weighted by molar-refractivity contribution is -0.140. The van der Waals surface area contributed by atoms with Crippen LogP contribution in [-0.2, 0) is 9.59 Å². The van der Waals surface area contributed by atoms with Gasteiger partial charge in [0, 0.05) is 17.5 Å². The molecule has 4 bridgehead atoms. The van der Waals surface area contributed by atoms with Gasteiger partial charge in [0.05, 0.1) is 11.7 Å². The first-order valence-electron chi connectivity index (χ1n) is 10.5. The smallest absolute Gasteiger partial charge is 0.248 e. The molecule has 150 valence electrons. The Hall–Kier alpha value is -2.82. The molecule has 0 atom stereocenters. The zero-order chi connectivity index (χ0) is 19.8. The summed E-state index contributed by atoms with van der Waals surface area (Å²) in [6.45, 7) is 0. The number of hydrogen-bond donors (Lipinski definition) is 2. The minimum Gasteiger partial charge on any atom is -0.465 e. The molecule has 4 aliphatic carbocycles. The van der Waals surface area contributed by atoms with E-state index in [-0.39, 0.29) is 17.2 Å². The predicted octanol–water partition coefficient (Wildman–Crippen LogP) is 5.09. The summed E-state index contributed by atoms with van der Waals surface area (Å²) in [4.78, 5) is 25.1. The molecule has 1 aromatic carbocycles. The second-order valence-corrected chi connectivity index (χ2v) is 9.07. The fourth-order valence-corrected chi connectivity index (χ4v) is 6.02. The van der Waals surface area contributed by atoms with E-state index in [1.807, 2.05) is 24.3 Å². The highest BCUT2D eigenvalue weighted by Gasteiger charge is 2.54. The second kappa shape index (κ2) is 7.21. The molecular weight excluding hydrogens is 364 g/mol. The Labute approximate surface area is 170 Å². The van der Waals surface area contributed by atoms with Gasteiger partial charge in [-0.1, -0.05) is 0 Å². The van der Waals surface area contributed by atoms with Gasteiger partial charge in [0.2, 0.25) is 11.8 Å². The molecule has 0 aliphatic heterocycles. The third-order valence-electron chi connectivity index (χ3n) is 6.87. The van der Waals surface area contributed by atoms with Crippen molar-refractivity contribution in [3.8, 4) is 0 Å². The number of carbonyl (C=O) groups excluding carboxylic acids is 2. The fraction of sp³-hybridized carbons (Fsp3) is 0.417. The molecule has 0 spiro atoms. The van der Waals surface area contributed by atoms with E-state index in [9.17, 15) is 9.59 Å². The molecule has 5 nitrogen and oxygen atoms in total. The zero-order valence-electron chi connectivity index (χ0n) is 16.4. The van der Waals surface area contributed by atoms with Crippen LogP contribution in [0.2, 0.25) is 0 Å². The third kappa shape index (κ3) is 3.74. The van der Waals surface area contributed by atoms with Crippen LogP contribution in [0.1, 0.15) is 44.3 Å². The molecule has 1 aromatic heterocycles. The van der Waals surface area contributed by atoms with E-state index in [2.05, 4.69) is 10.6 Å². The Morgan fingerprint density at radius 1 is 0.897 bits per heavy atom. The lowest BCUT2D eigenvalue weighted by Gasteiger charge is -2.55. The van der Waals surface area contributed by atoms with Gasteiger partial charge in [-0.2, -0.15) is 0 Å². The van der Waals surface area contributed by atoms with Gasteiger partial charge < -0.3 is 15.1 Å². The minimum absolute atomic E-state index is 0.154. The summed E-state index contributed by atoms with van der Waals surface area (Å²) in [6, 6.07) is 10.9. The van der Waals surface area contributed by atoms with Gasteiger partial charge in [0.1, 0.15) is 5.76 Å². The minimum atomic E-state index is -0.230. The SMILES string of the molecule is O=C(/C=C/c1ccco1)Nc1ccc(NC(=O)C23CC4CC(CC(C4)C2)C3)cc1. The summed E-state index contributed by atoms with van der Waals surface area (Å²) in [6.07, 6.45) is 11.8. The third-order valence-corrected chi connectivity index (χ3v) is 6.87. The topological polar surface area (TPSA) is 71.3 Å². The molecule has 2 N–H and O–H groups in total. The van der Waals surface area contributed by atoms with Gasteiger partial charge in [0.25, 0.3) is 0 Å². The van der Waals surface area contributed by atoms with Crippen LogP contribution in [0, 0.1) is 23.2 Å². The second-order valence-electron chi connectivity index (χ2n) is 9.07. The number of benzene rings is 1. The maximum absolute atomic E-state index is 13.1. The van der Waals surface area contributed by atoms with Crippen LogP contribution in [0.15, 0.2) is 53.2 Å². The van der Waals surface area contributed by atoms with Crippen LogP contribution < -0.4 is 10.6 Å². The highest BCUT2D eigenvalue weighted by atomic mass is 16.3. The van der Waals surface area contributed by atoms with Gasteiger partial charge in [-0.25, -0.2) is 0 Å². The lowest BCUT2D eigenvalue weighted by Crippen LogP contribution is -2.51. The van der Waals surface area contributed by atoms with Crippen LogP contribution in [0.25, 0.3) is 6.08 Å². The van der Waals surface area contributed by atoms with Gasteiger partial charge in [-0.3, -0.25) is 9.59 Å². The number of hydrogen-bond acceptors (Lipinski definition) is 3. The van der Waals surface area contributed by atoms with E-state index in [1.165, 1.54) is 25.3 Å². The fourth-order valence-electron chi connectivity index (χ4n) is 6.02. The van der Waals surface area contributed by atoms with Crippen LogP contribution in [0.5, 0.6) is 0 Å². The molecular formula is C24H26N2O3. The number of amides is 2. The van der Waals surface area contributed by atoms with Gasteiger partial charge in [-0.15, -0.1) is 0 Å². The average Bonchev–Trinajstić information content (AvgIpc) is 3.20. The maximum Gasteiger partial charge on any atom is 0.248 e. The Bertz CT molecular complexity index is 892. The molecule has 29 heavy (non-hydrogen) atoms. The molecule has 4 saturated carbocycles. The van der Waals surface area contributed by atoms with Crippen molar-refractivity contribution < 1.29 is 14.0 Å². The molecule has 0 radical (unpaired) electrons. The van der Waals surface area contributed by atoms with E-state index >= 15 is 0 Å². The summed E-state index contributed by atoms with van der Waals surface area (Å²) in [7, 11) is 0. The number of nitrogens with one attached hydrogen (secondary N) is 2. The number of anilines is 2. The molecule has 2 aromatic rings. The first-order chi connectivity index (χ1) is 14.1. The first-order valence-corrected chi connectivity index (χ1v) is 10.5. The van der Waals surface area contributed by atoms with E-state index in [4.69, 9.17) is 4.42 Å². The van der Waals surface area contributed by atoms with Gasteiger partial charge >= 0.3 is 0 Å². The summed E-state index contributed by atoms with van der Waals surface area (Å²) in [5, 5.41) is 5.96. The number of rotatable bonds is 5. The quantitative estimate of drug-likeness (QED) is 0.699. The number of furan rings is 1. The predicted molar refractivity (Wildman–Crippen MR) is 112 cm³/mol. The maximum atomic E-state index is 13.1. The number of carbonyl (C=O) groups is 2. The molecule has 1 heterocycles. The van der Waals surface area contributed by atoms with Crippen molar-refractivity contribution in [1.29, 1.82) is 0 Å². The highest BCUT2D eigenvalue weighted by molar-refractivity contribution is 6.02. The molecule has 0 saturated heterocycles. The molecule has 2 amide bonds. The van der Waals surface area contributed by atoms with E-state index < -0.39 is 0 Å². The van der Waals surface area contributed by atoms with Crippen molar-refractivity contribution in [2.75, 3.05) is 10.6 Å². The normalized spacial score (nSPS) is 29.9. The Balaban J connectivity index is 1.20. The van der Waals surface area contributed by atoms with Crippen molar-refractivity contribution in [2.24, 2.45) is 23.2 Å². The highest BCUT2D eigenvalue weighted by Crippen LogP contribution is 2.60. The van der Waals surface area contributed by atoms with Crippen LogP contribution in [0.3, 0.4) is 0 Å². The van der Waals surface area contributed by atoms with Crippen LogP contribution >= 0.6 is 0 Å². The molecule has 6 rings (SSSR count). The van der Waals surface area contributed by atoms with Gasteiger partial charge in [-0.05, 0) is 98.8 Å². The zero-order valence-corrected chi connectivity index (χ0v) is 16.4. The van der Waals surface area contributed by atoms with Crippen molar-refractivity contribution in [3.05, 3.63) is 54.5 Å². The Morgan fingerprint density at radius 3 is 2.03 bits per heavy atom. The molecule has 0 unspecified atom stereocenters. The van der Waals surface area contributed by atoms with Crippen LogP contribution in [0.4, 0.5) is 11.4 Å². The first kappa shape index (κ1) is 18.2. The molecule has 4 fully saturated rings. The van der Waals surface area contributed by atoms with Crippen molar-refractivity contribution >= 4 is 29.3 Å². The largest absolute Gasteiger partial charge is 0.465 e. The Kier molecular flexibility index (Phi) is 4.53. The summed E-state index contributed by atoms with van der Waals surface area (Å²) in [5.41, 5.74) is 1.32. The summed E-state index contributed by atoms with van der Waals surface area (Å²) in [5.74, 6) is 2.83. The van der Waals surface area contributed by atoms with Crippen LogP contribution in [-0.4, -0.2) is 11.8 Å². The van der Waals surface area contributed by atoms with E-state index in [1.54, 1.807) is 24.5 Å². The molecule has 4 aliphatic rings. The molecule has 5 heteroatoms. The summed E-state index contributed by atoms with van der Waals surface area (Å²) >= 11 is 0. The lowest BCUT2D eigenvalue weighted by atomic mass is 9.49. The van der Waals surface area contributed by atoms with E-state index in [0.29, 0.717) is 11.4 Å². The standard InChI is InChI=1S/C24H26N2O3/c27-22(8-7-21-2-1-9-29-21)25-19-3-5-20(6-4-19)26-23(28)24-13-16-10-17(14-24)12-18(11-16)15-24/h1-9,16-18H,10-15H2,(H,25,27)(H,26,28)/b8-7+. The monoisotopic (exact) mass is 390 g/mol.